The molecule has 0 saturated heterocycles. The van der Waals surface area contributed by atoms with E-state index in [0.717, 1.165) is 14.5 Å². The number of rotatable bonds is 0. The third-order valence-electron chi connectivity index (χ3n) is 0. The quantitative estimate of drug-likeness (QED) is 0.485. The third-order valence-corrected chi connectivity index (χ3v) is 0. The zero-order chi connectivity index (χ0) is 3.58. The van der Waals surface area contributed by atoms with Crippen molar-refractivity contribution in [1.29, 1.82) is 0 Å². The molecule has 0 heterocycles. The van der Waals surface area contributed by atoms with Gasteiger partial charge in [0, 0.05) is 0 Å². The van der Waals surface area contributed by atoms with E-state index in [1.807, 2.05) is 0 Å². The van der Waals surface area contributed by atoms with Gasteiger partial charge in [0.1, 0.15) is 0 Å². The molecule has 0 spiro atoms. The van der Waals surface area contributed by atoms with Crippen LogP contribution in [0.1, 0.15) is 0 Å². The van der Waals surface area contributed by atoms with Crippen molar-refractivity contribution in [3.63, 3.8) is 0 Å². The van der Waals surface area contributed by atoms with Crippen LogP contribution in [0.5, 0.6) is 0 Å². The second-order valence-electron chi connectivity index (χ2n) is 0.519. The van der Waals surface area contributed by atoms with E-state index in [1.54, 1.807) is 0 Å². The molecule has 0 bridgehead atoms. The fraction of sp³-hybridized carbons (Fsp3) is 0. The van der Waals surface area contributed by atoms with Crippen LogP contribution in [0.3, 0.4) is 0 Å². The van der Waals surface area contributed by atoms with Gasteiger partial charge in [0.15, 0.2) is 0 Å². The summed E-state index contributed by atoms with van der Waals surface area (Å²) in [5, 5.41) is 0. The van der Waals surface area contributed by atoms with Crippen molar-refractivity contribution in [2.75, 3.05) is 0 Å². The van der Waals surface area contributed by atoms with Gasteiger partial charge in [-0.3, -0.25) is 0 Å². The van der Waals surface area contributed by atoms with E-state index in [2.05, 4.69) is 0 Å². The van der Waals surface area contributed by atoms with Gasteiger partial charge in [0.05, 0.1) is 0 Å². The summed E-state index contributed by atoms with van der Waals surface area (Å²) in [4.78, 5) is 0. The van der Waals surface area contributed by atoms with E-state index in [-0.39, 0.29) is 0 Å². The molecule has 0 aromatic carbocycles. The van der Waals surface area contributed by atoms with Gasteiger partial charge in [-0.25, -0.2) is 0 Å². The molecule has 0 amide bonds. The maximum absolute atomic E-state index is 5.31. The monoisotopic (exact) mass is 222 g/mol. The molecule has 0 atom stereocenters. The molecule has 0 aliphatic heterocycles. The molecule has 26 valence electrons. The molecule has 0 aromatic heterocycles. The summed E-state index contributed by atoms with van der Waals surface area (Å²) in [5.41, 5.74) is 0. The summed E-state index contributed by atoms with van der Waals surface area (Å²) in [6, 6.07) is 0. The van der Waals surface area contributed by atoms with Crippen LogP contribution in [-0.4, -0.2) is 25.1 Å². The van der Waals surface area contributed by atoms with Crippen molar-refractivity contribution in [2.24, 2.45) is 0 Å². The molecule has 0 radical (unpaired) electrons. The zero-order valence-corrected chi connectivity index (χ0v) is 10.5. The Balaban J connectivity index is 2.32. The van der Waals surface area contributed by atoms with Gasteiger partial charge >= 0.3 is 45.1 Å². The van der Waals surface area contributed by atoms with E-state index in [4.69, 9.17) is 20.0 Å². The Morgan fingerprint density at radius 1 is 1.50 bits per heavy atom. The first-order valence-electron chi connectivity index (χ1n) is 1.01. The standard InChI is InChI=1S/Cl2Ge2H4/c1-4(2)3/h4H,3H3. The molecule has 0 rings (SSSR count). The first kappa shape index (κ1) is 5.67. The van der Waals surface area contributed by atoms with Crippen LogP contribution >= 0.6 is 20.0 Å². The predicted octanol–water partition coefficient (Wildman–Crippen LogP) is -0.453. The Bertz CT molecular complexity index is 8.75. The van der Waals surface area contributed by atoms with Crippen molar-refractivity contribution in [1.82, 2.24) is 0 Å². The van der Waals surface area contributed by atoms with Crippen molar-refractivity contribution in [3.05, 3.63) is 0 Å². The van der Waals surface area contributed by atoms with Crippen LogP contribution in [0, 0.1) is 0 Å². The van der Waals surface area contributed by atoms with Gasteiger partial charge in [-0.15, -0.1) is 0 Å². The zero-order valence-electron chi connectivity index (χ0n) is 2.33. The number of halogens is 2. The van der Waals surface area contributed by atoms with E-state index in [1.165, 1.54) is 0 Å². The van der Waals surface area contributed by atoms with Crippen molar-refractivity contribution >= 4 is 45.1 Å². The second-order valence-corrected chi connectivity index (χ2v) is 39.2. The molecule has 0 aliphatic rings. The average molecular weight is 220 g/mol. The minimum atomic E-state index is -1.35. The van der Waals surface area contributed by atoms with Crippen molar-refractivity contribution < 1.29 is 0 Å². The summed E-state index contributed by atoms with van der Waals surface area (Å²) >= 11 is 0.781. The molecule has 0 nitrogen and oxygen atoms in total. The van der Waals surface area contributed by atoms with Gasteiger partial charge in [-0.05, 0) is 0 Å². The van der Waals surface area contributed by atoms with Gasteiger partial charge in [0.25, 0.3) is 0 Å². The third kappa shape index (κ3) is 9.39. The fourth-order valence-corrected chi connectivity index (χ4v) is 0. The summed E-state index contributed by atoms with van der Waals surface area (Å²) in [6.45, 7) is 0. The maximum atomic E-state index is 5.31. The second kappa shape index (κ2) is 2.88. The van der Waals surface area contributed by atoms with Gasteiger partial charge in [-0.1, -0.05) is 0 Å². The van der Waals surface area contributed by atoms with E-state index in [9.17, 15) is 0 Å². The Morgan fingerprint density at radius 3 is 1.50 bits per heavy atom. The summed E-state index contributed by atoms with van der Waals surface area (Å²) < 4.78 is 0. The molecule has 4 heavy (non-hydrogen) atoms. The molecule has 0 fully saturated rings. The molecular formula is H4Cl2Ge2. The van der Waals surface area contributed by atoms with Crippen LogP contribution in [0.25, 0.3) is 0 Å². The van der Waals surface area contributed by atoms with E-state index < -0.39 is 10.5 Å². The van der Waals surface area contributed by atoms with Gasteiger partial charge in [-0.2, -0.15) is 0 Å². The topological polar surface area (TPSA) is 0 Å². The van der Waals surface area contributed by atoms with Gasteiger partial charge < -0.3 is 0 Å². The first-order chi connectivity index (χ1) is 1.73. The molecule has 0 aromatic rings. The van der Waals surface area contributed by atoms with Crippen LogP contribution in [0.15, 0.2) is 0 Å². The molecule has 0 saturated carbocycles. The Labute approximate surface area is 44.9 Å². The average Bonchev–Trinajstić information content (AvgIpc) is 0.811. The molecule has 0 unspecified atom stereocenters. The van der Waals surface area contributed by atoms with Crippen LogP contribution < -0.4 is 0 Å². The van der Waals surface area contributed by atoms with Crippen molar-refractivity contribution in [2.45, 2.75) is 0 Å². The summed E-state index contributed by atoms with van der Waals surface area (Å²) in [7, 11) is 9.27. The van der Waals surface area contributed by atoms with E-state index >= 15 is 0 Å². The minimum absolute atomic E-state index is 0.781. The Kier molecular flexibility index (Phi) is 4.08. The Morgan fingerprint density at radius 2 is 1.50 bits per heavy atom. The van der Waals surface area contributed by atoms with Crippen LogP contribution in [0.2, 0.25) is 0 Å². The van der Waals surface area contributed by atoms with Gasteiger partial charge in [0.2, 0.25) is 0 Å². The van der Waals surface area contributed by atoms with Crippen molar-refractivity contribution in [3.8, 4) is 0 Å². The van der Waals surface area contributed by atoms with Crippen LogP contribution in [-0.2, 0) is 0 Å². The molecule has 4 heteroatoms. The predicted molar refractivity (Wildman–Crippen MR) is 28.8 cm³/mol. The number of hydrogen-bond donors (Lipinski definition) is 0. The summed E-state index contributed by atoms with van der Waals surface area (Å²) in [5.74, 6) is 0. The van der Waals surface area contributed by atoms with Crippen LogP contribution in [0.4, 0.5) is 0 Å². The molecule has 0 aliphatic carbocycles. The molecular weight excluding hydrogens is 216 g/mol. The SMILES string of the molecule is [Cl][GeH]([Cl])[GeH3]. The molecule has 0 N–H and O–H groups in total. The normalized spacial score (nSPS) is 9.75. The van der Waals surface area contributed by atoms with E-state index in [0.29, 0.717) is 0 Å². The number of hydrogen-bond acceptors (Lipinski definition) is 0. The summed E-state index contributed by atoms with van der Waals surface area (Å²) in [6.07, 6.45) is 0. The fourth-order valence-electron chi connectivity index (χ4n) is 0. The first-order valence-corrected chi connectivity index (χ1v) is 22.4. The Hall–Kier alpha value is 1.67.